The molecule has 1 fully saturated rings. The van der Waals surface area contributed by atoms with Gasteiger partial charge in [0.05, 0.1) is 25.3 Å². The van der Waals surface area contributed by atoms with Crippen molar-refractivity contribution in [3.63, 3.8) is 0 Å². The first-order valence-electron chi connectivity index (χ1n) is 5.63. The van der Waals surface area contributed by atoms with Crippen molar-refractivity contribution in [2.75, 3.05) is 20.3 Å². The Morgan fingerprint density at radius 2 is 2.47 bits per heavy atom. The molecule has 2 N–H and O–H groups in total. The van der Waals surface area contributed by atoms with E-state index in [0.29, 0.717) is 19.8 Å². The van der Waals surface area contributed by atoms with Crippen LogP contribution >= 0.6 is 0 Å². The van der Waals surface area contributed by atoms with Gasteiger partial charge in [0.2, 0.25) is 5.91 Å². The highest BCUT2D eigenvalue weighted by Crippen LogP contribution is 2.15. The van der Waals surface area contributed by atoms with E-state index in [0.717, 1.165) is 5.56 Å². The van der Waals surface area contributed by atoms with E-state index in [1.807, 2.05) is 13.2 Å². The van der Waals surface area contributed by atoms with E-state index >= 15 is 0 Å². The smallest absolute Gasteiger partial charge is 0.229 e. The van der Waals surface area contributed by atoms with Gasteiger partial charge >= 0.3 is 0 Å². The molecule has 1 aromatic heterocycles. The molecule has 2 atom stereocenters. The van der Waals surface area contributed by atoms with Crippen LogP contribution in [0.5, 0.6) is 0 Å². The Morgan fingerprint density at radius 1 is 1.71 bits per heavy atom. The lowest BCUT2D eigenvalue weighted by Gasteiger charge is -2.21. The minimum atomic E-state index is -0.211. The molecule has 1 aromatic rings. The normalized spacial score (nSPS) is 23.9. The van der Waals surface area contributed by atoms with Crippen LogP contribution in [0.3, 0.4) is 0 Å². The standard InChI is InChI=1S/C11H18N4O2/c1-14(4-8-3-13-15(2)5-8)11(16)9-6-17-7-10(9)12/h3,5,9-10H,4,6-7,12H2,1-2H3. The molecule has 17 heavy (non-hydrogen) atoms. The number of hydrogen-bond donors (Lipinski definition) is 1. The lowest BCUT2D eigenvalue weighted by molar-refractivity contribution is -0.135. The SMILES string of the molecule is CN(Cc1cnn(C)c1)C(=O)C1COCC1N. The second kappa shape index (κ2) is 4.85. The van der Waals surface area contributed by atoms with Gasteiger partial charge in [-0.05, 0) is 0 Å². The molecule has 1 aliphatic rings. The fraction of sp³-hybridized carbons (Fsp3) is 0.636. The zero-order chi connectivity index (χ0) is 12.4. The van der Waals surface area contributed by atoms with Gasteiger partial charge in [0.25, 0.3) is 0 Å². The highest BCUT2D eigenvalue weighted by molar-refractivity contribution is 5.79. The molecule has 0 spiro atoms. The van der Waals surface area contributed by atoms with Crippen LogP contribution < -0.4 is 5.73 Å². The highest BCUT2D eigenvalue weighted by Gasteiger charge is 2.33. The zero-order valence-corrected chi connectivity index (χ0v) is 10.2. The Hall–Kier alpha value is -1.40. The molecule has 0 bridgehead atoms. The van der Waals surface area contributed by atoms with E-state index in [-0.39, 0.29) is 17.9 Å². The van der Waals surface area contributed by atoms with Crippen LogP contribution in [0.15, 0.2) is 12.4 Å². The minimum Gasteiger partial charge on any atom is -0.379 e. The molecule has 0 saturated carbocycles. The number of amides is 1. The second-order valence-corrected chi connectivity index (χ2v) is 4.52. The van der Waals surface area contributed by atoms with Gasteiger partial charge in [0.15, 0.2) is 0 Å². The molecular weight excluding hydrogens is 220 g/mol. The Labute approximate surface area is 100 Å². The van der Waals surface area contributed by atoms with E-state index in [9.17, 15) is 4.79 Å². The van der Waals surface area contributed by atoms with E-state index in [1.54, 1.807) is 22.8 Å². The van der Waals surface area contributed by atoms with Crippen LogP contribution in [0.25, 0.3) is 0 Å². The van der Waals surface area contributed by atoms with Crippen molar-refractivity contribution in [1.29, 1.82) is 0 Å². The highest BCUT2D eigenvalue weighted by atomic mass is 16.5. The number of hydrogen-bond acceptors (Lipinski definition) is 4. The number of nitrogens with two attached hydrogens (primary N) is 1. The van der Waals surface area contributed by atoms with Crippen LogP contribution in [0.2, 0.25) is 0 Å². The maximum absolute atomic E-state index is 12.1. The molecule has 0 aromatic carbocycles. The van der Waals surface area contributed by atoms with E-state index in [1.165, 1.54) is 0 Å². The topological polar surface area (TPSA) is 73.4 Å². The minimum absolute atomic E-state index is 0.0406. The lowest BCUT2D eigenvalue weighted by atomic mass is 10.0. The summed E-state index contributed by atoms with van der Waals surface area (Å²) >= 11 is 0. The summed E-state index contributed by atoms with van der Waals surface area (Å²) in [4.78, 5) is 13.8. The van der Waals surface area contributed by atoms with Crippen LogP contribution in [0.1, 0.15) is 5.56 Å². The third-order valence-corrected chi connectivity index (χ3v) is 3.00. The molecule has 94 valence electrons. The summed E-state index contributed by atoms with van der Waals surface area (Å²) < 4.78 is 6.93. The van der Waals surface area contributed by atoms with Crippen LogP contribution in [0.4, 0.5) is 0 Å². The lowest BCUT2D eigenvalue weighted by Crippen LogP contribution is -2.41. The molecule has 6 nitrogen and oxygen atoms in total. The van der Waals surface area contributed by atoms with E-state index in [4.69, 9.17) is 10.5 Å². The molecule has 1 amide bonds. The Morgan fingerprint density at radius 3 is 3.00 bits per heavy atom. The van der Waals surface area contributed by atoms with Gasteiger partial charge < -0.3 is 15.4 Å². The first-order chi connectivity index (χ1) is 8.08. The monoisotopic (exact) mass is 238 g/mol. The van der Waals surface area contributed by atoms with Gasteiger partial charge in [-0.1, -0.05) is 0 Å². The summed E-state index contributed by atoms with van der Waals surface area (Å²) in [6.45, 7) is 1.45. The number of rotatable bonds is 3. The van der Waals surface area contributed by atoms with Crippen molar-refractivity contribution in [2.24, 2.45) is 18.7 Å². The average Bonchev–Trinajstić information content (AvgIpc) is 2.86. The Bertz CT molecular complexity index is 404. The third kappa shape index (κ3) is 2.65. The van der Waals surface area contributed by atoms with Gasteiger partial charge in [-0.2, -0.15) is 5.10 Å². The quantitative estimate of drug-likeness (QED) is 0.759. The number of aromatic nitrogens is 2. The van der Waals surface area contributed by atoms with E-state index in [2.05, 4.69) is 5.10 Å². The molecule has 1 saturated heterocycles. The van der Waals surface area contributed by atoms with Crippen molar-refractivity contribution in [2.45, 2.75) is 12.6 Å². The van der Waals surface area contributed by atoms with Crippen molar-refractivity contribution in [3.05, 3.63) is 18.0 Å². The maximum atomic E-state index is 12.1. The molecular formula is C11H18N4O2. The summed E-state index contributed by atoms with van der Waals surface area (Å²) in [5.74, 6) is -0.171. The van der Waals surface area contributed by atoms with Crippen molar-refractivity contribution >= 4 is 5.91 Å². The van der Waals surface area contributed by atoms with Gasteiger partial charge in [0, 0.05) is 38.4 Å². The maximum Gasteiger partial charge on any atom is 0.229 e. The molecule has 0 aliphatic carbocycles. The van der Waals surface area contributed by atoms with Crippen LogP contribution in [-0.2, 0) is 23.1 Å². The predicted molar refractivity (Wildman–Crippen MR) is 62.0 cm³/mol. The average molecular weight is 238 g/mol. The molecule has 6 heteroatoms. The fourth-order valence-electron chi connectivity index (χ4n) is 2.01. The van der Waals surface area contributed by atoms with Crippen molar-refractivity contribution in [3.8, 4) is 0 Å². The van der Waals surface area contributed by atoms with Crippen LogP contribution in [-0.4, -0.2) is 46.9 Å². The molecule has 2 heterocycles. The number of ether oxygens (including phenoxy) is 1. The largest absolute Gasteiger partial charge is 0.379 e. The number of nitrogens with zero attached hydrogens (tertiary/aromatic N) is 3. The van der Waals surface area contributed by atoms with Crippen molar-refractivity contribution in [1.82, 2.24) is 14.7 Å². The number of carbonyl (C=O) groups excluding carboxylic acids is 1. The fourth-order valence-corrected chi connectivity index (χ4v) is 2.01. The van der Waals surface area contributed by atoms with Gasteiger partial charge in [-0.25, -0.2) is 0 Å². The molecule has 1 aliphatic heterocycles. The Kier molecular flexibility index (Phi) is 3.44. The van der Waals surface area contributed by atoms with Gasteiger partial charge in [0.1, 0.15) is 0 Å². The molecule has 0 radical (unpaired) electrons. The van der Waals surface area contributed by atoms with Gasteiger partial charge in [-0.15, -0.1) is 0 Å². The van der Waals surface area contributed by atoms with Gasteiger partial charge in [-0.3, -0.25) is 9.48 Å². The van der Waals surface area contributed by atoms with E-state index < -0.39 is 0 Å². The molecule has 2 rings (SSSR count). The first-order valence-corrected chi connectivity index (χ1v) is 5.63. The summed E-state index contributed by atoms with van der Waals surface area (Å²) in [5, 5.41) is 4.07. The molecule has 2 unspecified atom stereocenters. The summed E-state index contributed by atoms with van der Waals surface area (Å²) in [6.07, 6.45) is 3.66. The first kappa shape index (κ1) is 12.1. The predicted octanol–water partition coefficient (Wildman–Crippen LogP) is -0.648. The Balaban J connectivity index is 1.95. The summed E-state index contributed by atoms with van der Waals surface area (Å²) in [5.41, 5.74) is 6.84. The summed E-state index contributed by atoms with van der Waals surface area (Å²) in [6, 6.07) is -0.182. The van der Waals surface area contributed by atoms with Crippen molar-refractivity contribution < 1.29 is 9.53 Å². The van der Waals surface area contributed by atoms with Crippen LogP contribution in [0, 0.1) is 5.92 Å². The summed E-state index contributed by atoms with van der Waals surface area (Å²) in [7, 11) is 3.63. The second-order valence-electron chi connectivity index (χ2n) is 4.52. The number of aryl methyl sites for hydroxylation is 1. The number of carbonyl (C=O) groups is 1. The third-order valence-electron chi connectivity index (χ3n) is 3.00. The zero-order valence-electron chi connectivity index (χ0n) is 10.2.